The van der Waals surface area contributed by atoms with Crippen molar-refractivity contribution < 1.29 is 9.53 Å². The molecule has 1 aromatic rings. The summed E-state index contributed by atoms with van der Waals surface area (Å²) in [5.74, 6) is 0.896. The van der Waals surface area contributed by atoms with Crippen LogP contribution in [0.1, 0.15) is 19.3 Å². The molecule has 1 N–H and O–H groups in total. The van der Waals surface area contributed by atoms with Gasteiger partial charge >= 0.3 is 0 Å². The fourth-order valence-corrected chi connectivity index (χ4v) is 2.20. The second-order valence-electron chi connectivity index (χ2n) is 4.72. The normalized spacial score (nSPS) is 16.4. The molecule has 19 heavy (non-hydrogen) atoms. The lowest BCUT2D eigenvalue weighted by Crippen LogP contribution is -2.42. The number of carbonyl (C=O) groups is 1. The number of carbonyl (C=O) groups excluding carboxylic acids is 1. The molecule has 0 bridgehead atoms. The summed E-state index contributed by atoms with van der Waals surface area (Å²) in [6, 6.07) is 5.65. The standard InChI is InChI=1S/C14H21N3O2/c1-15-9-5-14(18)17-10-6-12(7-11-17)19-13-4-2-3-8-16-13/h2-4,8,12,15H,5-7,9-11H2,1H3. The van der Waals surface area contributed by atoms with Crippen molar-refractivity contribution in [3.8, 4) is 5.88 Å². The molecule has 0 spiro atoms. The first kappa shape index (κ1) is 13.8. The van der Waals surface area contributed by atoms with Gasteiger partial charge in [-0.1, -0.05) is 6.07 Å². The topological polar surface area (TPSA) is 54.5 Å². The minimum Gasteiger partial charge on any atom is -0.474 e. The minimum absolute atomic E-state index is 0.170. The van der Waals surface area contributed by atoms with E-state index >= 15 is 0 Å². The van der Waals surface area contributed by atoms with Gasteiger partial charge in [0.2, 0.25) is 11.8 Å². The Balaban J connectivity index is 1.75. The van der Waals surface area contributed by atoms with Crippen LogP contribution in [0.25, 0.3) is 0 Å². The molecule has 104 valence electrons. The molecule has 2 heterocycles. The van der Waals surface area contributed by atoms with Crippen molar-refractivity contribution in [3.63, 3.8) is 0 Å². The molecule has 1 aromatic heterocycles. The number of pyridine rings is 1. The summed E-state index contributed by atoms with van der Waals surface area (Å²) in [6.07, 6.45) is 4.22. The fraction of sp³-hybridized carbons (Fsp3) is 0.571. The summed E-state index contributed by atoms with van der Waals surface area (Å²) >= 11 is 0. The van der Waals surface area contributed by atoms with Crippen LogP contribution >= 0.6 is 0 Å². The molecule has 0 atom stereocenters. The van der Waals surface area contributed by atoms with Gasteiger partial charge in [0, 0.05) is 51.2 Å². The number of piperidine rings is 1. The number of rotatable bonds is 5. The second kappa shape index (κ2) is 7.09. The molecule has 1 aliphatic heterocycles. The first-order chi connectivity index (χ1) is 9.29. The largest absolute Gasteiger partial charge is 0.474 e. The zero-order valence-corrected chi connectivity index (χ0v) is 11.3. The number of amides is 1. The number of aromatic nitrogens is 1. The van der Waals surface area contributed by atoms with E-state index in [1.807, 2.05) is 30.1 Å². The lowest BCUT2D eigenvalue weighted by atomic mass is 10.1. The van der Waals surface area contributed by atoms with Crippen LogP contribution < -0.4 is 10.1 Å². The molecule has 2 rings (SSSR count). The summed E-state index contributed by atoms with van der Waals surface area (Å²) in [4.78, 5) is 17.9. The van der Waals surface area contributed by atoms with Crippen LogP contribution in [0.4, 0.5) is 0 Å². The van der Waals surface area contributed by atoms with Crippen LogP contribution in [0.15, 0.2) is 24.4 Å². The Morgan fingerprint density at radius 2 is 2.26 bits per heavy atom. The molecule has 0 radical (unpaired) electrons. The maximum absolute atomic E-state index is 11.9. The zero-order chi connectivity index (χ0) is 13.5. The molecule has 0 aliphatic carbocycles. The van der Waals surface area contributed by atoms with Gasteiger partial charge in [0.05, 0.1) is 0 Å². The van der Waals surface area contributed by atoms with E-state index in [4.69, 9.17) is 4.74 Å². The summed E-state index contributed by atoms with van der Waals surface area (Å²) in [7, 11) is 1.86. The average Bonchev–Trinajstić information content (AvgIpc) is 2.46. The fourth-order valence-electron chi connectivity index (χ4n) is 2.20. The van der Waals surface area contributed by atoms with Crippen LogP contribution in [0.2, 0.25) is 0 Å². The van der Waals surface area contributed by atoms with E-state index in [1.165, 1.54) is 0 Å². The maximum atomic E-state index is 11.9. The van der Waals surface area contributed by atoms with Crippen LogP contribution in [0.5, 0.6) is 5.88 Å². The predicted molar refractivity (Wildman–Crippen MR) is 73.0 cm³/mol. The van der Waals surface area contributed by atoms with E-state index in [-0.39, 0.29) is 12.0 Å². The van der Waals surface area contributed by atoms with Crippen molar-refractivity contribution in [1.82, 2.24) is 15.2 Å². The number of hydrogen-bond acceptors (Lipinski definition) is 4. The first-order valence-electron chi connectivity index (χ1n) is 6.79. The smallest absolute Gasteiger partial charge is 0.223 e. The Hall–Kier alpha value is -1.62. The number of likely N-dealkylation sites (tertiary alicyclic amines) is 1. The van der Waals surface area contributed by atoms with Gasteiger partial charge in [-0.3, -0.25) is 4.79 Å². The van der Waals surface area contributed by atoms with E-state index < -0.39 is 0 Å². The quantitative estimate of drug-likeness (QED) is 0.863. The molecule has 5 heteroatoms. The Kier molecular flexibility index (Phi) is 5.15. The lowest BCUT2D eigenvalue weighted by Gasteiger charge is -2.32. The zero-order valence-electron chi connectivity index (χ0n) is 11.3. The summed E-state index contributed by atoms with van der Waals surface area (Å²) in [5.41, 5.74) is 0. The third kappa shape index (κ3) is 4.21. The van der Waals surface area contributed by atoms with Gasteiger partial charge in [0.25, 0.3) is 0 Å². The van der Waals surface area contributed by atoms with E-state index in [2.05, 4.69) is 10.3 Å². The van der Waals surface area contributed by atoms with Crippen molar-refractivity contribution in [3.05, 3.63) is 24.4 Å². The monoisotopic (exact) mass is 263 g/mol. The third-order valence-corrected chi connectivity index (χ3v) is 3.31. The Morgan fingerprint density at radius 3 is 2.89 bits per heavy atom. The number of hydrogen-bond donors (Lipinski definition) is 1. The molecule has 1 aliphatic rings. The van der Waals surface area contributed by atoms with Crippen molar-refractivity contribution >= 4 is 5.91 Å². The van der Waals surface area contributed by atoms with Crippen LogP contribution in [-0.4, -0.2) is 48.6 Å². The van der Waals surface area contributed by atoms with Gasteiger partial charge in [-0.05, 0) is 13.1 Å². The van der Waals surface area contributed by atoms with Crippen LogP contribution in [0, 0.1) is 0 Å². The molecule has 1 saturated heterocycles. The van der Waals surface area contributed by atoms with Crippen LogP contribution in [0.3, 0.4) is 0 Å². The van der Waals surface area contributed by atoms with E-state index in [0.29, 0.717) is 12.3 Å². The second-order valence-corrected chi connectivity index (χ2v) is 4.72. The highest BCUT2D eigenvalue weighted by molar-refractivity contribution is 5.76. The summed E-state index contributed by atoms with van der Waals surface area (Å²) in [5, 5.41) is 3.00. The molecule has 0 saturated carbocycles. The van der Waals surface area contributed by atoms with Gasteiger partial charge < -0.3 is 15.0 Å². The molecule has 1 amide bonds. The van der Waals surface area contributed by atoms with Crippen molar-refractivity contribution in [1.29, 1.82) is 0 Å². The average molecular weight is 263 g/mol. The van der Waals surface area contributed by atoms with Crippen molar-refractivity contribution in [2.75, 3.05) is 26.7 Å². The first-order valence-corrected chi connectivity index (χ1v) is 6.79. The van der Waals surface area contributed by atoms with E-state index in [0.717, 1.165) is 32.5 Å². The van der Waals surface area contributed by atoms with Gasteiger partial charge in [0.15, 0.2) is 0 Å². The minimum atomic E-state index is 0.170. The van der Waals surface area contributed by atoms with Gasteiger partial charge in [-0.2, -0.15) is 0 Å². The molecule has 0 aromatic carbocycles. The predicted octanol–water partition coefficient (Wildman–Crippen LogP) is 1.06. The molecular formula is C14H21N3O2. The molecule has 0 unspecified atom stereocenters. The van der Waals surface area contributed by atoms with Crippen molar-refractivity contribution in [2.24, 2.45) is 0 Å². The third-order valence-electron chi connectivity index (χ3n) is 3.31. The molecular weight excluding hydrogens is 242 g/mol. The highest BCUT2D eigenvalue weighted by Gasteiger charge is 2.23. The lowest BCUT2D eigenvalue weighted by molar-refractivity contribution is -0.132. The molecule has 5 nitrogen and oxygen atoms in total. The van der Waals surface area contributed by atoms with Gasteiger partial charge in [-0.15, -0.1) is 0 Å². The van der Waals surface area contributed by atoms with E-state index in [1.54, 1.807) is 6.20 Å². The molecule has 1 fully saturated rings. The van der Waals surface area contributed by atoms with E-state index in [9.17, 15) is 4.79 Å². The Bertz CT molecular complexity index is 389. The van der Waals surface area contributed by atoms with Gasteiger partial charge in [0.1, 0.15) is 6.10 Å². The SMILES string of the molecule is CNCCC(=O)N1CCC(Oc2ccccn2)CC1. The Labute approximate surface area is 114 Å². The highest BCUT2D eigenvalue weighted by Crippen LogP contribution is 2.17. The maximum Gasteiger partial charge on any atom is 0.223 e. The Morgan fingerprint density at radius 1 is 1.47 bits per heavy atom. The summed E-state index contributed by atoms with van der Waals surface area (Å²) < 4.78 is 5.80. The number of ether oxygens (including phenoxy) is 1. The van der Waals surface area contributed by atoms with Gasteiger partial charge in [-0.25, -0.2) is 4.98 Å². The highest BCUT2D eigenvalue weighted by atomic mass is 16.5. The van der Waals surface area contributed by atoms with Crippen molar-refractivity contribution in [2.45, 2.75) is 25.4 Å². The number of nitrogens with one attached hydrogen (secondary N) is 1. The summed E-state index contributed by atoms with van der Waals surface area (Å²) in [6.45, 7) is 2.29. The van der Waals surface area contributed by atoms with Crippen LogP contribution in [-0.2, 0) is 4.79 Å². The number of nitrogens with zero attached hydrogens (tertiary/aromatic N) is 2.